The molecule has 0 aromatic carbocycles. The molecule has 0 N–H and O–H groups in total. The zero-order valence-corrected chi connectivity index (χ0v) is 8.24. The second-order valence-electron chi connectivity index (χ2n) is 2.43. The van der Waals surface area contributed by atoms with Crippen LogP contribution in [0.5, 0.6) is 0 Å². The molecule has 5 heteroatoms. The number of hydrogen-bond acceptors (Lipinski definition) is 2. The molecule has 0 spiro atoms. The molecule has 0 bridgehead atoms. The van der Waals surface area contributed by atoms with Crippen molar-refractivity contribution in [1.29, 1.82) is 0 Å². The van der Waals surface area contributed by atoms with Gasteiger partial charge >= 0.3 is 6.18 Å². The molecule has 0 aromatic rings. The minimum atomic E-state index is -4.06. The molecule has 68 valence electrons. The summed E-state index contributed by atoms with van der Waals surface area (Å²) in [6.45, 7) is 4.93. The first kappa shape index (κ1) is 11.5. The normalized spacial score (nSPS) is 15.5. The molecule has 1 atom stereocenters. The Morgan fingerprint density at radius 2 is 1.45 bits per heavy atom. The Morgan fingerprint density at radius 1 is 1.00 bits per heavy atom. The highest BCUT2D eigenvalue weighted by Gasteiger charge is 2.36. The highest BCUT2D eigenvalue weighted by atomic mass is 33.1. The molecule has 0 heterocycles. The lowest BCUT2D eigenvalue weighted by Crippen LogP contribution is -2.21. The third kappa shape index (κ3) is 5.73. The van der Waals surface area contributed by atoms with Crippen molar-refractivity contribution >= 4 is 21.6 Å². The zero-order chi connectivity index (χ0) is 9.07. The maximum Gasteiger partial charge on any atom is 0.401 e. The predicted octanol–water partition coefficient (Wildman–Crippen LogP) is 3.73. The molecule has 0 rings (SSSR count). The van der Waals surface area contributed by atoms with Crippen LogP contribution in [0.3, 0.4) is 0 Å². The van der Waals surface area contributed by atoms with Crippen LogP contribution in [0.2, 0.25) is 0 Å². The summed E-state index contributed by atoms with van der Waals surface area (Å²) in [5, 5.41) is -1.03. The minimum Gasteiger partial charge on any atom is -0.170 e. The molecule has 0 amide bonds. The molecule has 0 saturated heterocycles. The van der Waals surface area contributed by atoms with Crippen LogP contribution in [-0.2, 0) is 0 Å². The SMILES string of the molecule is CC(C)SS[C@@H](C)C(F)(F)F. The molecule has 11 heavy (non-hydrogen) atoms. The molecule has 0 aliphatic rings. The van der Waals surface area contributed by atoms with Crippen molar-refractivity contribution in [1.82, 2.24) is 0 Å². The van der Waals surface area contributed by atoms with Gasteiger partial charge in [-0.2, -0.15) is 13.2 Å². The standard InChI is InChI=1S/C6H11F3S2/c1-4(2)10-11-5(3)6(7,8)9/h4-5H,1-3H3/t5-/m0/s1. The minimum absolute atomic E-state index is 0.241. The largest absolute Gasteiger partial charge is 0.401 e. The number of halogens is 3. The molecule has 0 aromatic heterocycles. The topological polar surface area (TPSA) is 0 Å². The van der Waals surface area contributed by atoms with Gasteiger partial charge in [0.25, 0.3) is 0 Å². The van der Waals surface area contributed by atoms with Gasteiger partial charge in [-0.25, -0.2) is 0 Å². The van der Waals surface area contributed by atoms with Crippen LogP contribution < -0.4 is 0 Å². The third-order valence-electron chi connectivity index (χ3n) is 0.853. The number of alkyl halides is 3. The van der Waals surface area contributed by atoms with Crippen molar-refractivity contribution in [2.24, 2.45) is 0 Å². The number of hydrogen-bond donors (Lipinski definition) is 0. The van der Waals surface area contributed by atoms with Crippen LogP contribution in [0.4, 0.5) is 13.2 Å². The fourth-order valence-electron chi connectivity index (χ4n) is 0.249. The average Bonchev–Trinajstić information content (AvgIpc) is 1.80. The van der Waals surface area contributed by atoms with Crippen molar-refractivity contribution in [3.05, 3.63) is 0 Å². The highest BCUT2D eigenvalue weighted by Crippen LogP contribution is 2.38. The molecule has 0 aliphatic carbocycles. The lowest BCUT2D eigenvalue weighted by Gasteiger charge is -2.14. The van der Waals surface area contributed by atoms with Gasteiger partial charge < -0.3 is 0 Å². The summed E-state index contributed by atoms with van der Waals surface area (Å²) < 4.78 is 35.6. The van der Waals surface area contributed by atoms with Gasteiger partial charge in [0.1, 0.15) is 5.25 Å². The average molecular weight is 204 g/mol. The molecular formula is C6H11F3S2. The van der Waals surface area contributed by atoms with Gasteiger partial charge in [0.05, 0.1) is 0 Å². The second-order valence-corrected chi connectivity index (χ2v) is 5.61. The summed E-state index contributed by atoms with van der Waals surface area (Å²) in [6.07, 6.45) is -4.06. The van der Waals surface area contributed by atoms with E-state index in [9.17, 15) is 13.2 Å². The van der Waals surface area contributed by atoms with E-state index in [0.717, 1.165) is 10.8 Å². The summed E-state index contributed by atoms with van der Waals surface area (Å²) in [7, 11) is 2.15. The predicted molar refractivity (Wildman–Crippen MR) is 45.8 cm³/mol. The highest BCUT2D eigenvalue weighted by molar-refractivity contribution is 8.77. The first-order valence-electron chi connectivity index (χ1n) is 3.23. The van der Waals surface area contributed by atoms with Crippen molar-refractivity contribution < 1.29 is 13.2 Å². The van der Waals surface area contributed by atoms with Crippen LogP contribution in [0.15, 0.2) is 0 Å². The summed E-state index contributed by atoms with van der Waals surface area (Å²) in [5.74, 6) is 0. The van der Waals surface area contributed by atoms with Crippen LogP contribution in [-0.4, -0.2) is 16.7 Å². The Balaban J connectivity index is 3.61. The second kappa shape index (κ2) is 4.50. The molecule has 0 unspecified atom stereocenters. The maximum absolute atomic E-state index is 11.9. The van der Waals surface area contributed by atoms with E-state index >= 15 is 0 Å². The van der Waals surface area contributed by atoms with Crippen molar-refractivity contribution in [3.8, 4) is 0 Å². The van der Waals surface area contributed by atoms with Crippen LogP contribution >= 0.6 is 21.6 Å². The van der Waals surface area contributed by atoms with E-state index in [1.165, 1.54) is 17.7 Å². The molecule has 0 nitrogen and oxygen atoms in total. The fourth-order valence-corrected chi connectivity index (χ4v) is 2.24. The van der Waals surface area contributed by atoms with Crippen LogP contribution in [0.1, 0.15) is 20.8 Å². The smallest absolute Gasteiger partial charge is 0.170 e. The molecule has 0 fully saturated rings. The summed E-state index contributed by atoms with van der Waals surface area (Å²) in [6, 6.07) is 0. The quantitative estimate of drug-likeness (QED) is 0.642. The van der Waals surface area contributed by atoms with Gasteiger partial charge in [-0.05, 0) is 6.92 Å². The van der Waals surface area contributed by atoms with E-state index in [1.54, 1.807) is 0 Å². The van der Waals surface area contributed by atoms with Gasteiger partial charge in [0.15, 0.2) is 0 Å². The Hall–Kier alpha value is 0.490. The van der Waals surface area contributed by atoms with E-state index in [-0.39, 0.29) is 5.25 Å². The molecular weight excluding hydrogens is 193 g/mol. The Morgan fingerprint density at radius 3 is 1.73 bits per heavy atom. The summed E-state index contributed by atoms with van der Waals surface area (Å²) >= 11 is 0. The Kier molecular flexibility index (Phi) is 4.70. The van der Waals surface area contributed by atoms with Gasteiger partial charge in [-0.3, -0.25) is 0 Å². The van der Waals surface area contributed by atoms with E-state index in [1.807, 2.05) is 13.8 Å². The van der Waals surface area contributed by atoms with Crippen molar-refractivity contribution in [3.63, 3.8) is 0 Å². The van der Waals surface area contributed by atoms with E-state index < -0.39 is 11.4 Å². The van der Waals surface area contributed by atoms with Gasteiger partial charge in [0, 0.05) is 5.25 Å². The third-order valence-corrected chi connectivity index (χ3v) is 4.26. The summed E-state index contributed by atoms with van der Waals surface area (Å²) in [4.78, 5) is 0. The maximum atomic E-state index is 11.9. The van der Waals surface area contributed by atoms with Crippen molar-refractivity contribution in [2.45, 2.75) is 37.4 Å². The fraction of sp³-hybridized carbons (Fsp3) is 1.00. The first-order chi connectivity index (χ1) is 4.84. The van der Waals surface area contributed by atoms with Gasteiger partial charge in [0.2, 0.25) is 0 Å². The molecule has 0 aliphatic heterocycles. The van der Waals surface area contributed by atoms with Crippen LogP contribution in [0, 0.1) is 0 Å². The first-order valence-corrected chi connectivity index (χ1v) is 5.50. The molecule has 0 saturated carbocycles. The monoisotopic (exact) mass is 204 g/mol. The number of rotatable bonds is 3. The van der Waals surface area contributed by atoms with Crippen molar-refractivity contribution in [2.75, 3.05) is 0 Å². The van der Waals surface area contributed by atoms with E-state index in [0.29, 0.717) is 0 Å². The Labute approximate surface area is 72.7 Å². The molecule has 0 radical (unpaired) electrons. The zero-order valence-electron chi connectivity index (χ0n) is 6.61. The lowest BCUT2D eigenvalue weighted by molar-refractivity contribution is -0.124. The Bertz CT molecular complexity index is 111. The van der Waals surface area contributed by atoms with Gasteiger partial charge in [-0.1, -0.05) is 35.4 Å². The summed E-state index contributed by atoms with van der Waals surface area (Å²) in [5.41, 5.74) is 0. The lowest BCUT2D eigenvalue weighted by atomic mass is 10.5. The van der Waals surface area contributed by atoms with E-state index in [4.69, 9.17) is 0 Å². The van der Waals surface area contributed by atoms with E-state index in [2.05, 4.69) is 0 Å². The van der Waals surface area contributed by atoms with Gasteiger partial charge in [-0.15, -0.1) is 0 Å². The van der Waals surface area contributed by atoms with Crippen LogP contribution in [0.25, 0.3) is 0 Å².